The average Bonchev–Trinajstić information content (AvgIpc) is 2.99. The largest absolute Gasteiger partial charge is 0.390 e. The Morgan fingerprint density at radius 3 is 2.67 bits per heavy atom. The van der Waals surface area contributed by atoms with Crippen LogP contribution in [0, 0.1) is 0 Å². The number of aromatic nitrogens is 2. The van der Waals surface area contributed by atoms with Gasteiger partial charge in [-0.05, 0) is 19.2 Å². The summed E-state index contributed by atoms with van der Waals surface area (Å²) >= 11 is 0. The van der Waals surface area contributed by atoms with Gasteiger partial charge in [-0.2, -0.15) is 4.31 Å². The topological polar surface area (TPSA) is 86.6 Å². The molecule has 0 radical (unpaired) electrons. The molecule has 2 heterocycles. The number of nitrogens with zero attached hydrogens (tertiary/aromatic N) is 4. The van der Waals surface area contributed by atoms with Crippen LogP contribution in [0.2, 0.25) is 0 Å². The van der Waals surface area contributed by atoms with Crippen LogP contribution in [-0.4, -0.2) is 65.0 Å². The summed E-state index contributed by atoms with van der Waals surface area (Å²) in [6.45, 7) is 0.830. The molecular weight excluding hydrogens is 328 g/mol. The number of aliphatic hydroxyl groups excluding tert-OH is 1. The van der Waals surface area contributed by atoms with Gasteiger partial charge in [0.25, 0.3) is 0 Å². The minimum atomic E-state index is -3.59. The number of rotatable bonds is 5. The van der Waals surface area contributed by atoms with E-state index in [1.807, 2.05) is 11.9 Å². The summed E-state index contributed by atoms with van der Waals surface area (Å²) in [6.07, 6.45) is 4.13. The maximum atomic E-state index is 12.7. The molecule has 7 nitrogen and oxygen atoms in total. The predicted molar refractivity (Wildman–Crippen MR) is 88.5 cm³/mol. The molecule has 2 atom stereocenters. The first-order chi connectivity index (χ1) is 11.5. The molecule has 1 N–H and O–H groups in total. The van der Waals surface area contributed by atoms with E-state index in [2.05, 4.69) is 9.97 Å². The van der Waals surface area contributed by atoms with E-state index in [0.717, 1.165) is 5.69 Å². The molecule has 1 fully saturated rings. The monoisotopic (exact) mass is 348 g/mol. The van der Waals surface area contributed by atoms with Gasteiger partial charge in [-0.15, -0.1) is 0 Å². The van der Waals surface area contributed by atoms with Crippen LogP contribution < -0.4 is 0 Å². The Hall–Kier alpha value is -1.87. The van der Waals surface area contributed by atoms with Crippen LogP contribution in [0.25, 0.3) is 0 Å². The highest BCUT2D eigenvalue weighted by Crippen LogP contribution is 2.24. The highest BCUT2D eigenvalue weighted by atomic mass is 32.2. The predicted octanol–water partition coefficient (Wildman–Crippen LogP) is 0.342. The standard InChI is InChI=1S/C16H20N4O3S/c1-19(10-13-9-17-7-8-18-13)15-11-20(12-16(15)21)24(22,23)14-5-3-2-4-6-14/h2-9,15-16,21H,10-12H2,1H3/t15-,16-/m1/s1. The molecule has 0 saturated carbocycles. The maximum absolute atomic E-state index is 12.7. The first-order valence-corrected chi connectivity index (χ1v) is 9.11. The van der Waals surface area contributed by atoms with Gasteiger partial charge >= 0.3 is 0 Å². The zero-order chi connectivity index (χ0) is 17.2. The molecule has 2 aromatic rings. The molecule has 1 aliphatic rings. The minimum Gasteiger partial charge on any atom is -0.390 e. The van der Waals surface area contributed by atoms with Gasteiger partial charge in [0, 0.05) is 38.2 Å². The molecule has 3 rings (SSSR count). The van der Waals surface area contributed by atoms with Gasteiger partial charge in [0.15, 0.2) is 0 Å². The molecule has 1 aliphatic heterocycles. The number of benzene rings is 1. The van der Waals surface area contributed by atoms with Gasteiger partial charge in [0.05, 0.1) is 22.7 Å². The van der Waals surface area contributed by atoms with E-state index >= 15 is 0 Å². The van der Waals surface area contributed by atoms with Crippen molar-refractivity contribution in [3.05, 3.63) is 54.6 Å². The molecule has 1 aromatic heterocycles. The first-order valence-electron chi connectivity index (χ1n) is 7.67. The summed E-state index contributed by atoms with van der Waals surface area (Å²) in [5.41, 5.74) is 0.775. The Labute approximate surface area is 141 Å². The van der Waals surface area contributed by atoms with Crippen molar-refractivity contribution < 1.29 is 13.5 Å². The number of hydrogen-bond donors (Lipinski definition) is 1. The van der Waals surface area contributed by atoms with Crippen LogP contribution in [0.1, 0.15) is 5.69 Å². The maximum Gasteiger partial charge on any atom is 0.243 e. The Kier molecular flexibility index (Phi) is 4.91. The SMILES string of the molecule is CN(Cc1cnccn1)[C@@H]1CN(S(=O)(=O)c2ccccc2)C[C@H]1O. The Bertz CT molecular complexity index is 770. The molecular formula is C16H20N4O3S. The third kappa shape index (κ3) is 3.46. The van der Waals surface area contributed by atoms with E-state index in [1.165, 1.54) is 4.31 Å². The normalized spacial score (nSPS) is 22.1. The summed E-state index contributed by atoms with van der Waals surface area (Å²) < 4.78 is 26.7. The van der Waals surface area contributed by atoms with E-state index in [9.17, 15) is 13.5 Å². The van der Waals surface area contributed by atoms with Crippen molar-refractivity contribution >= 4 is 10.0 Å². The Balaban J connectivity index is 1.72. The summed E-state index contributed by atoms with van der Waals surface area (Å²) in [5.74, 6) is 0. The fraction of sp³-hybridized carbons (Fsp3) is 0.375. The smallest absolute Gasteiger partial charge is 0.243 e. The zero-order valence-corrected chi connectivity index (χ0v) is 14.2. The molecule has 1 aromatic carbocycles. The summed E-state index contributed by atoms with van der Waals surface area (Å²) in [6, 6.07) is 8.01. The molecule has 0 aliphatic carbocycles. The lowest BCUT2D eigenvalue weighted by molar-refractivity contribution is 0.0946. The van der Waals surface area contributed by atoms with Crippen molar-refractivity contribution in [2.45, 2.75) is 23.6 Å². The molecule has 0 spiro atoms. The highest BCUT2D eigenvalue weighted by Gasteiger charge is 2.40. The summed E-state index contributed by atoms with van der Waals surface area (Å²) in [5, 5.41) is 10.3. The number of aliphatic hydroxyl groups is 1. The van der Waals surface area contributed by atoms with E-state index in [1.54, 1.807) is 48.9 Å². The second kappa shape index (κ2) is 6.94. The van der Waals surface area contributed by atoms with Crippen molar-refractivity contribution in [1.82, 2.24) is 19.2 Å². The van der Waals surface area contributed by atoms with E-state index < -0.39 is 16.1 Å². The quantitative estimate of drug-likeness (QED) is 0.839. The third-order valence-electron chi connectivity index (χ3n) is 4.20. The number of β-amino-alcohol motifs (C(OH)–C–C–N with tert-alkyl or cyclic N) is 1. The van der Waals surface area contributed by atoms with Crippen LogP contribution in [0.4, 0.5) is 0 Å². The highest BCUT2D eigenvalue weighted by molar-refractivity contribution is 7.89. The molecule has 0 amide bonds. The van der Waals surface area contributed by atoms with Gasteiger partial charge < -0.3 is 5.11 Å². The fourth-order valence-electron chi connectivity index (χ4n) is 2.89. The van der Waals surface area contributed by atoms with Gasteiger partial charge in [0.1, 0.15) is 0 Å². The molecule has 1 saturated heterocycles. The van der Waals surface area contributed by atoms with Crippen LogP contribution in [-0.2, 0) is 16.6 Å². The van der Waals surface area contributed by atoms with Gasteiger partial charge in [-0.1, -0.05) is 18.2 Å². The van der Waals surface area contributed by atoms with Gasteiger partial charge in [-0.3, -0.25) is 14.9 Å². The average molecular weight is 348 g/mol. The number of sulfonamides is 1. The minimum absolute atomic E-state index is 0.0900. The van der Waals surface area contributed by atoms with Gasteiger partial charge in [-0.25, -0.2) is 8.42 Å². The molecule has 24 heavy (non-hydrogen) atoms. The van der Waals surface area contributed by atoms with Crippen LogP contribution in [0.5, 0.6) is 0 Å². The molecule has 8 heteroatoms. The molecule has 0 unspecified atom stereocenters. The lowest BCUT2D eigenvalue weighted by Gasteiger charge is -2.25. The Morgan fingerprint density at radius 2 is 2.00 bits per heavy atom. The van der Waals surface area contributed by atoms with Crippen LogP contribution in [0.3, 0.4) is 0 Å². The second-order valence-electron chi connectivity index (χ2n) is 5.88. The van der Waals surface area contributed by atoms with E-state index in [0.29, 0.717) is 6.54 Å². The van der Waals surface area contributed by atoms with Gasteiger partial charge in [0.2, 0.25) is 10.0 Å². The van der Waals surface area contributed by atoms with Crippen LogP contribution in [0.15, 0.2) is 53.8 Å². The van der Waals surface area contributed by atoms with Crippen molar-refractivity contribution in [3.8, 4) is 0 Å². The van der Waals surface area contributed by atoms with E-state index in [4.69, 9.17) is 0 Å². The lowest BCUT2D eigenvalue weighted by Crippen LogP contribution is -2.40. The first kappa shape index (κ1) is 17.0. The second-order valence-corrected chi connectivity index (χ2v) is 7.82. The van der Waals surface area contributed by atoms with E-state index in [-0.39, 0.29) is 24.0 Å². The molecule has 128 valence electrons. The summed E-state index contributed by atoms with van der Waals surface area (Å²) in [7, 11) is -1.74. The zero-order valence-electron chi connectivity index (χ0n) is 13.4. The lowest BCUT2D eigenvalue weighted by atomic mass is 10.2. The van der Waals surface area contributed by atoms with Crippen molar-refractivity contribution in [1.29, 1.82) is 0 Å². The van der Waals surface area contributed by atoms with Crippen molar-refractivity contribution in [3.63, 3.8) is 0 Å². The summed E-state index contributed by atoms with van der Waals surface area (Å²) in [4.78, 5) is 10.4. The number of likely N-dealkylation sites (N-methyl/N-ethyl adjacent to an activating group) is 1. The fourth-order valence-corrected chi connectivity index (χ4v) is 4.39. The van der Waals surface area contributed by atoms with Crippen molar-refractivity contribution in [2.24, 2.45) is 0 Å². The molecule has 0 bridgehead atoms. The third-order valence-corrected chi connectivity index (χ3v) is 6.05. The van der Waals surface area contributed by atoms with Crippen molar-refractivity contribution in [2.75, 3.05) is 20.1 Å². The van der Waals surface area contributed by atoms with Crippen LogP contribution >= 0.6 is 0 Å². The number of hydrogen-bond acceptors (Lipinski definition) is 6. The Morgan fingerprint density at radius 1 is 1.25 bits per heavy atom.